The van der Waals surface area contributed by atoms with Gasteiger partial charge in [-0.05, 0) is 33.6 Å². The lowest BCUT2D eigenvalue weighted by Crippen LogP contribution is -2.52. The van der Waals surface area contributed by atoms with Crippen LogP contribution in [-0.2, 0) is 42.9 Å². The van der Waals surface area contributed by atoms with E-state index in [0.29, 0.717) is 12.8 Å². The number of halogens is 1. The molecule has 0 aromatic heterocycles. The van der Waals surface area contributed by atoms with Gasteiger partial charge in [-0.3, -0.25) is 4.79 Å². The van der Waals surface area contributed by atoms with E-state index >= 15 is 0 Å². The molecule has 2 fully saturated rings. The fourth-order valence-corrected chi connectivity index (χ4v) is 4.37. The van der Waals surface area contributed by atoms with Gasteiger partial charge in [-0.25, -0.2) is 14.4 Å². The number of epoxide rings is 1. The first kappa shape index (κ1) is 26.2. The number of ether oxygens (including phenoxy) is 5. The van der Waals surface area contributed by atoms with Crippen molar-refractivity contribution in [1.29, 1.82) is 0 Å². The molecular weight excluding hydrogens is 472 g/mol. The predicted octanol–water partition coefficient (Wildman–Crippen LogP) is 1.36. The highest BCUT2D eigenvalue weighted by Crippen LogP contribution is 2.50. The topological polar surface area (TPSA) is 138 Å². The fraction of sp³-hybridized carbons (Fsp3) is 0.652. The van der Waals surface area contributed by atoms with Gasteiger partial charge in [0.15, 0.2) is 17.8 Å². The molecule has 2 heterocycles. The lowest BCUT2D eigenvalue weighted by atomic mass is 9.80. The average Bonchev–Trinajstić information content (AvgIpc) is 3.34. The largest absolute Gasteiger partial charge is 0.466 e. The number of fused-ring (bicyclic) bond motifs is 3. The summed E-state index contributed by atoms with van der Waals surface area (Å²) in [5.74, 6) is -4.55. The second-order valence-electron chi connectivity index (χ2n) is 9.13. The number of carbonyl (C=O) groups excluding carboxylic acids is 4. The summed E-state index contributed by atoms with van der Waals surface area (Å²) in [6, 6.07) is 0. The molecule has 11 heteroatoms. The van der Waals surface area contributed by atoms with Crippen molar-refractivity contribution in [3.63, 3.8) is 0 Å². The Balaban J connectivity index is 2.18. The summed E-state index contributed by atoms with van der Waals surface area (Å²) < 4.78 is 27.4. The SMILES string of the molecule is C=C1C(=O)OC2C1C(OC(=O)C(C)(O)C(C)Cl)C(OC(C)=O)/C(C(=O)OC)=C\CCC1(C)OC21. The number of esters is 4. The van der Waals surface area contributed by atoms with Crippen molar-refractivity contribution in [2.24, 2.45) is 5.92 Å². The first-order valence-corrected chi connectivity index (χ1v) is 11.3. The standard InChI is InChI=1S/C23H29ClO10/c1-10-14-16(33-21(28)23(5,29)11(2)24)15(31-12(3)25)13(20(27)30-6)8-7-9-22(4)18(34-22)17(14)32-19(10)26/h8,11,14-18,29H,1,7,9H2,2-6H3/b13-8+. The lowest BCUT2D eigenvalue weighted by molar-refractivity contribution is -0.184. The Labute approximate surface area is 202 Å². The van der Waals surface area contributed by atoms with Crippen LogP contribution in [0.3, 0.4) is 0 Å². The van der Waals surface area contributed by atoms with Gasteiger partial charge in [-0.2, -0.15) is 0 Å². The summed E-state index contributed by atoms with van der Waals surface area (Å²) in [4.78, 5) is 50.3. The smallest absolute Gasteiger partial charge is 0.339 e. The molecule has 1 aliphatic carbocycles. The highest BCUT2D eigenvalue weighted by Gasteiger charge is 2.65. The van der Waals surface area contributed by atoms with Crippen molar-refractivity contribution in [2.75, 3.05) is 7.11 Å². The molecule has 0 spiro atoms. The van der Waals surface area contributed by atoms with Crippen LogP contribution < -0.4 is 0 Å². The van der Waals surface area contributed by atoms with Gasteiger partial charge in [0.05, 0.1) is 29.6 Å². The van der Waals surface area contributed by atoms with E-state index in [-0.39, 0.29) is 11.1 Å². The number of aliphatic hydroxyl groups is 1. The third-order valence-corrected chi connectivity index (χ3v) is 7.03. The van der Waals surface area contributed by atoms with Crippen LogP contribution in [0.5, 0.6) is 0 Å². The van der Waals surface area contributed by atoms with Crippen LogP contribution in [0, 0.1) is 5.92 Å². The molecule has 0 radical (unpaired) electrons. The summed E-state index contributed by atoms with van der Waals surface area (Å²) in [6.07, 6.45) is -2.12. The van der Waals surface area contributed by atoms with Crippen molar-refractivity contribution >= 4 is 35.5 Å². The average molecular weight is 501 g/mol. The third-order valence-electron chi connectivity index (χ3n) is 6.61. The lowest BCUT2D eigenvalue weighted by Gasteiger charge is -2.35. The molecular formula is C23H29ClO10. The van der Waals surface area contributed by atoms with Gasteiger partial charge in [0, 0.05) is 12.5 Å². The second-order valence-corrected chi connectivity index (χ2v) is 9.78. The van der Waals surface area contributed by atoms with Gasteiger partial charge in [0.25, 0.3) is 0 Å². The molecule has 8 atom stereocenters. The quantitative estimate of drug-likeness (QED) is 0.193. The Bertz CT molecular complexity index is 938. The van der Waals surface area contributed by atoms with Crippen LogP contribution in [-0.4, -0.2) is 77.1 Å². The molecule has 0 aromatic carbocycles. The van der Waals surface area contributed by atoms with E-state index in [9.17, 15) is 24.3 Å². The Kier molecular flexibility index (Phi) is 7.17. The van der Waals surface area contributed by atoms with Gasteiger partial charge in [0.2, 0.25) is 0 Å². The molecule has 3 rings (SSSR count). The molecule has 0 aromatic rings. The summed E-state index contributed by atoms with van der Waals surface area (Å²) in [5.41, 5.74) is -2.95. The van der Waals surface area contributed by atoms with Gasteiger partial charge in [-0.15, -0.1) is 11.6 Å². The van der Waals surface area contributed by atoms with E-state index < -0.39 is 70.8 Å². The maximum Gasteiger partial charge on any atom is 0.339 e. The molecule has 0 amide bonds. The molecule has 3 aliphatic rings. The molecule has 34 heavy (non-hydrogen) atoms. The van der Waals surface area contributed by atoms with Gasteiger partial charge < -0.3 is 28.8 Å². The number of methoxy groups -OCH3 is 1. The number of carbonyl (C=O) groups is 4. The van der Waals surface area contributed by atoms with E-state index in [2.05, 4.69) is 6.58 Å². The second kappa shape index (κ2) is 9.31. The van der Waals surface area contributed by atoms with Gasteiger partial charge in [0.1, 0.15) is 12.2 Å². The maximum atomic E-state index is 13.0. The zero-order valence-electron chi connectivity index (χ0n) is 19.7. The van der Waals surface area contributed by atoms with Crippen molar-refractivity contribution in [2.45, 2.75) is 81.5 Å². The molecule has 8 unspecified atom stereocenters. The summed E-state index contributed by atoms with van der Waals surface area (Å²) in [6.45, 7) is 9.30. The minimum Gasteiger partial charge on any atom is -0.466 e. The summed E-state index contributed by atoms with van der Waals surface area (Å²) in [5, 5.41) is 9.54. The van der Waals surface area contributed by atoms with Crippen molar-refractivity contribution < 1.29 is 48.0 Å². The Morgan fingerprint density at radius 1 is 1.35 bits per heavy atom. The van der Waals surface area contributed by atoms with Gasteiger partial charge in [-0.1, -0.05) is 12.7 Å². The fourth-order valence-electron chi connectivity index (χ4n) is 4.28. The van der Waals surface area contributed by atoms with Crippen LogP contribution in [0.1, 0.15) is 40.5 Å². The van der Waals surface area contributed by atoms with Crippen LogP contribution in [0.2, 0.25) is 0 Å². The number of hydrogen-bond donors (Lipinski definition) is 1. The predicted molar refractivity (Wildman–Crippen MR) is 116 cm³/mol. The first-order valence-electron chi connectivity index (χ1n) is 10.8. The minimum atomic E-state index is -2.14. The van der Waals surface area contributed by atoms with Gasteiger partial charge >= 0.3 is 23.9 Å². The first-order chi connectivity index (χ1) is 15.7. The Hall–Kier alpha value is -2.43. The normalized spacial score (nSPS) is 36.9. The van der Waals surface area contributed by atoms with Crippen molar-refractivity contribution in [3.8, 4) is 0 Å². The zero-order chi connectivity index (χ0) is 25.6. The van der Waals surface area contributed by atoms with E-state index in [4.69, 9.17) is 35.3 Å². The Morgan fingerprint density at radius 2 is 2.00 bits per heavy atom. The molecule has 0 saturated carbocycles. The van der Waals surface area contributed by atoms with E-state index in [1.54, 1.807) is 0 Å². The van der Waals surface area contributed by atoms with Crippen molar-refractivity contribution in [1.82, 2.24) is 0 Å². The van der Waals surface area contributed by atoms with Crippen LogP contribution in [0.4, 0.5) is 0 Å². The van der Waals surface area contributed by atoms with E-state index in [1.165, 1.54) is 13.0 Å². The molecule has 1 N–H and O–H groups in total. The van der Waals surface area contributed by atoms with E-state index in [0.717, 1.165) is 21.0 Å². The number of hydrogen-bond acceptors (Lipinski definition) is 10. The molecule has 2 saturated heterocycles. The van der Waals surface area contributed by atoms with E-state index in [1.807, 2.05) is 6.92 Å². The minimum absolute atomic E-state index is 0.0545. The third kappa shape index (κ3) is 4.71. The maximum absolute atomic E-state index is 13.0. The zero-order valence-corrected chi connectivity index (χ0v) is 20.4. The molecule has 188 valence electrons. The summed E-state index contributed by atoms with van der Waals surface area (Å²) in [7, 11) is 1.15. The molecule has 0 bridgehead atoms. The monoisotopic (exact) mass is 500 g/mol. The summed E-state index contributed by atoms with van der Waals surface area (Å²) >= 11 is 5.98. The highest BCUT2D eigenvalue weighted by atomic mass is 35.5. The van der Waals surface area contributed by atoms with Crippen LogP contribution in [0.15, 0.2) is 23.8 Å². The van der Waals surface area contributed by atoms with Crippen LogP contribution in [0.25, 0.3) is 0 Å². The molecule has 10 nitrogen and oxygen atoms in total. The highest BCUT2D eigenvalue weighted by molar-refractivity contribution is 6.22. The number of allylic oxidation sites excluding steroid dienone is 1. The molecule has 2 aliphatic heterocycles. The Morgan fingerprint density at radius 3 is 2.56 bits per heavy atom. The van der Waals surface area contributed by atoms with Crippen LogP contribution >= 0.6 is 11.6 Å². The number of alkyl halides is 1. The van der Waals surface area contributed by atoms with Crippen molar-refractivity contribution in [3.05, 3.63) is 23.8 Å². The number of rotatable bonds is 5.